The number of hydrogen-bond acceptors (Lipinski definition) is 7. The first-order chi connectivity index (χ1) is 16.7. The van der Waals surface area contributed by atoms with E-state index < -0.39 is 51.6 Å². The number of aliphatic hydroxyl groups excluding tert-OH is 1. The van der Waals surface area contributed by atoms with Crippen molar-refractivity contribution >= 4 is 27.3 Å². The van der Waals surface area contributed by atoms with Crippen LogP contribution in [0.25, 0.3) is 0 Å². The summed E-state index contributed by atoms with van der Waals surface area (Å²) in [5, 5.41) is 21.7. The minimum Gasteiger partial charge on any atom is -0.387 e. The van der Waals surface area contributed by atoms with Gasteiger partial charge in [0.15, 0.2) is 15.4 Å². The predicted octanol–water partition coefficient (Wildman–Crippen LogP) is 1.89. The molecule has 2 aromatic carbocycles. The summed E-state index contributed by atoms with van der Waals surface area (Å²) < 4.78 is 69.0. The third-order valence-electron chi connectivity index (χ3n) is 5.95. The molecule has 2 atom stereocenters. The maximum Gasteiger partial charge on any atom is 0.421 e. The summed E-state index contributed by atoms with van der Waals surface area (Å²) in [6, 6.07) is 7.24. The minimum absolute atomic E-state index is 0.0111. The van der Waals surface area contributed by atoms with Crippen molar-refractivity contribution in [2.24, 2.45) is 0 Å². The molecule has 0 bridgehead atoms. The Morgan fingerprint density at radius 3 is 2.36 bits per heavy atom. The molecule has 3 N–H and O–H groups in total. The van der Waals surface area contributed by atoms with Crippen LogP contribution in [0.3, 0.4) is 0 Å². The average Bonchev–Trinajstić information content (AvgIpc) is 3.21. The minimum atomic E-state index is -4.91. The highest BCUT2D eigenvalue weighted by Crippen LogP contribution is 2.39. The van der Waals surface area contributed by atoms with Gasteiger partial charge in [-0.25, -0.2) is 8.42 Å². The lowest BCUT2D eigenvalue weighted by Gasteiger charge is -2.27. The van der Waals surface area contributed by atoms with E-state index in [2.05, 4.69) is 5.32 Å². The number of sulfone groups is 1. The van der Waals surface area contributed by atoms with Crippen molar-refractivity contribution in [1.82, 2.24) is 4.90 Å². The number of alkyl halides is 3. The zero-order valence-electron chi connectivity index (χ0n) is 19.4. The van der Waals surface area contributed by atoms with Gasteiger partial charge in [-0.3, -0.25) is 9.59 Å². The van der Waals surface area contributed by atoms with Crippen molar-refractivity contribution in [2.75, 3.05) is 31.4 Å². The van der Waals surface area contributed by atoms with Crippen LogP contribution >= 0.6 is 0 Å². The molecule has 9 nitrogen and oxygen atoms in total. The number of halogens is 3. The molecule has 2 unspecified atom stereocenters. The van der Waals surface area contributed by atoms with Crippen molar-refractivity contribution < 1.29 is 46.1 Å². The van der Waals surface area contributed by atoms with Gasteiger partial charge in [0, 0.05) is 19.3 Å². The van der Waals surface area contributed by atoms with E-state index in [0.717, 1.165) is 17.0 Å². The largest absolute Gasteiger partial charge is 0.421 e. The second-order valence-corrected chi connectivity index (χ2v) is 10.5. The predicted molar refractivity (Wildman–Crippen MR) is 121 cm³/mol. The molecule has 3 rings (SSSR count). The van der Waals surface area contributed by atoms with E-state index >= 15 is 0 Å². The Bertz CT molecular complexity index is 1250. The van der Waals surface area contributed by atoms with Crippen molar-refractivity contribution in [3.63, 3.8) is 0 Å². The van der Waals surface area contributed by atoms with E-state index in [9.17, 15) is 41.4 Å². The number of methoxy groups -OCH3 is 1. The summed E-state index contributed by atoms with van der Waals surface area (Å²) in [5.74, 6) is -1.75. The van der Waals surface area contributed by atoms with Gasteiger partial charge in [0.05, 0.1) is 17.3 Å². The molecule has 1 aliphatic heterocycles. The number of carbonyl (C=O) groups excluding carboxylic acids is 2. The van der Waals surface area contributed by atoms with Gasteiger partial charge in [0.25, 0.3) is 5.91 Å². The Kier molecular flexibility index (Phi) is 7.79. The molecule has 2 amide bonds. The summed E-state index contributed by atoms with van der Waals surface area (Å²) in [5.41, 5.74) is -2.68. The van der Waals surface area contributed by atoms with E-state index in [-0.39, 0.29) is 29.5 Å². The third kappa shape index (κ3) is 5.38. The molecule has 0 saturated carbocycles. The number of hydrogen-bond donors (Lipinski definition) is 3. The number of rotatable bonds is 8. The molecule has 36 heavy (non-hydrogen) atoms. The van der Waals surface area contributed by atoms with Gasteiger partial charge >= 0.3 is 6.18 Å². The highest BCUT2D eigenvalue weighted by molar-refractivity contribution is 7.91. The smallest absolute Gasteiger partial charge is 0.387 e. The van der Waals surface area contributed by atoms with Crippen LogP contribution in [0, 0.1) is 0 Å². The first kappa shape index (κ1) is 27.6. The molecule has 0 aliphatic carbocycles. The SMILES string of the molecule is COCCS(=O)(=O)c1ccc2c(c1)CN(C(=O)CO)C2C(=O)Nc1ccc(C(C)(O)C(F)(F)F)cc1. The number of ether oxygens (including phenoxy) is 1. The average molecular weight is 531 g/mol. The molecule has 1 heterocycles. The van der Waals surface area contributed by atoms with Crippen LogP contribution in [0.4, 0.5) is 18.9 Å². The van der Waals surface area contributed by atoms with Gasteiger partial charge in [-0.2, -0.15) is 13.2 Å². The maximum absolute atomic E-state index is 13.1. The van der Waals surface area contributed by atoms with E-state index in [1.807, 2.05) is 0 Å². The lowest BCUT2D eigenvalue weighted by Crippen LogP contribution is -2.39. The van der Waals surface area contributed by atoms with Gasteiger partial charge < -0.3 is 25.2 Å². The standard InChI is InChI=1S/C23H25F3N2O7S/c1-22(32,23(24,25)26)15-3-5-16(6-4-15)27-21(31)20-18-8-7-17(36(33,34)10-9-35-2)11-14(18)12-28(20)19(30)13-29/h3-8,11,20,29,32H,9-10,12-13H2,1-2H3,(H,27,31). The van der Waals surface area contributed by atoms with Crippen LogP contribution in [0.2, 0.25) is 0 Å². The zero-order chi connectivity index (χ0) is 26.9. The number of carbonyl (C=O) groups is 2. The molecule has 196 valence electrons. The normalized spacial score (nSPS) is 17.4. The molecule has 1 aliphatic rings. The van der Waals surface area contributed by atoms with Gasteiger partial charge in [-0.1, -0.05) is 18.2 Å². The quantitative estimate of drug-likeness (QED) is 0.475. The Balaban J connectivity index is 1.89. The Morgan fingerprint density at radius 1 is 1.17 bits per heavy atom. The Morgan fingerprint density at radius 2 is 1.81 bits per heavy atom. The molecular weight excluding hydrogens is 505 g/mol. The number of anilines is 1. The van der Waals surface area contributed by atoms with Crippen LogP contribution in [-0.4, -0.2) is 67.6 Å². The van der Waals surface area contributed by atoms with E-state index in [0.29, 0.717) is 18.1 Å². The lowest BCUT2D eigenvalue weighted by atomic mass is 9.95. The zero-order valence-corrected chi connectivity index (χ0v) is 20.2. The highest BCUT2D eigenvalue weighted by Gasteiger charge is 2.51. The van der Waals surface area contributed by atoms with Crippen LogP contribution in [0.15, 0.2) is 47.4 Å². The molecular formula is C23H25F3N2O7S. The number of benzene rings is 2. The second kappa shape index (κ2) is 10.2. The lowest BCUT2D eigenvalue weighted by molar-refractivity contribution is -0.258. The van der Waals surface area contributed by atoms with Crippen molar-refractivity contribution in [3.05, 3.63) is 59.2 Å². The molecule has 2 aromatic rings. The van der Waals surface area contributed by atoms with E-state index in [1.165, 1.54) is 37.4 Å². The summed E-state index contributed by atoms with van der Waals surface area (Å²) in [6.07, 6.45) is -4.91. The maximum atomic E-state index is 13.1. The number of nitrogens with one attached hydrogen (secondary N) is 1. The first-order valence-corrected chi connectivity index (χ1v) is 12.3. The van der Waals surface area contributed by atoms with E-state index in [4.69, 9.17) is 4.74 Å². The molecule has 0 spiro atoms. The van der Waals surface area contributed by atoms with E-state index in [1.54, 1.807) is 0 Å². The fourth-order valence-corrected chi connectivity index (χ4v) is 5.01. The summed E-state index contributed by atoms with van der Waals surface area (Å²) in [7, 11) is -2.31. The fourth-order valence-electron chi connectivity index (χ4n) is 3.79. The summed E-state index contributed by atoms with van der Waals surface area (Å²) in [4.78, 5) is 26.5. The molecule has 0 fully saturated rings. The molecule has 0 radical (unpaired) electrons. The van der Waals surface area contributed by atoms with Gasteiger partial charge in [0.2, 0.25) is 5.91 Å². The van der Waals surface area contributed by atoms with Gasteiger partial charge in [0.1, 0.15) is 12.6 Å². The van der Waals surface area contributed by atoms with Crippen LogP contribution in [-0.2, 0) is 36.3 Å². The number of nitrogens with zero attached hydrogens (tertiary/aromatic N) is 1. The highest BCUT2D eigenvalue weighted by atomic mass is 32.2. The van der Waals surface area contributed by atoms with Crippen molar-refractivity contribution in [2.45, 2.75) is 36.2 Å². The van der Waals surface area contributed by atoms with Crippen LogP contribution < -0.4 is 5.32 Å². The van der Waals surface area contributed by atoms with Crippen LogP contribution in [0.1, 0.15) is 29.7 Å². The molecule has 13 heteroatoms. The molecule has 0 saturated heterocycles. The third-order valence-corrected chi connectivity index (χ3v) is 7.62. The summed E-state index contributed by atoms with van der Waals surface area (Å²) in [6.45, 7) is -0.430. The van der Waals surface area contributed by atoms with Gasteiger partial charge in [-0.05, 0) is 47.9 Å². The van der Waals surface area contributed by atoms with Gasteiger partial charge in [-0.15, -0.1) is 0 Å². The topological polar surface area (TPSA) is 133 Å². The second-order valence-electron chi connectivity index (χ2n) is 8.39. The number of aliphatic hydroxyl groups is 2. The monoisotopic (exact) mass is 530 g/mol. The van der Waals surface area contributed by atoms with Crippen molar-refractivity contribution in [3.8, 4) is 0 Å². The number of amides is 2. The molecule has 0 aromatic heterocycles. The van der Waals surface area contributed by atoms with Crippen molar-refractivity contribution in [1.29, 1.82) is 0 Å². The summed E-state index contributed by atoms with van der Waals surface area (Å²) >= 11 is 0. The fraction of sp³-hybridized carbons (Fsp3) is 0.391. The Hall–Kier alpha value is -3.00. The Labute approximate surface area is 205 Å². The first-order valence-electron chi connectivity index (χ1n) is 10.7. The van der Waals surface area contributed by atoms with Crippen LogP contribution in [0.5, 0.6) is 0 Å². The number of fused-ring (bicyclic) bond motifs is 1.